The predicted molar refractivity (Wildman–Crippen MR) is 101 cm³/mol. The molecule has 0 atom stereocenters. The summed E-state index contributed by atoms with van der Waals surface area (Å²) in [5.41, 5.74) is 3.73. The third kappa shape index (κ3) is 3.57. The minimum atomic E-state index is -0.0968. The van der Waals surface area contributed by atoms with Crippen LogP contribution in [-0.2, 0) is 11.3 Å². The molecule has 0 spiro atoms. The molecule has 0 aliphatic heterocycles. The number of thioether (sulfide) groups is 1. The standard InChI is InChI=1S/C18H18ClN3OS/c1-3-22-16-7-5-4-6-15(16)21-18(22)24-11-17(23)20-14-9-8-12(2)10-13(14)19/h4-10H,3,11H2,1-2H3,(H,20,23). The van der Waals surface area contributed by atoms with Gasteiger partial charge in [0.25, 0.3) is 0 Å². The quantitative estimate of drug-likeness (QED) is 0.669. The fourth-order valence-corrected chi connectivity index (χ4v) is 3.67. The minimum absolute atomic E-state index is 0.0968. The number of rotatable bonds is 5. The molecule has 2 aromatic carbocycles. The Hall–Kier alpha value is -1.98. The first kappa shape index (κ1) is 16.9. The Morgan fingerprint density at radius 3 is 2.83 bits per heavy atom. The fourth-order valence-electron chi connectivity index (χ4n) is 2.51. The SMILES string of the molecule is CCn1c(SCC(=O)Nc2ccc(C)cc2Cl)nc2ccccc21. The third-order valence-electron chi connectivity index (χ3n) is 3.67. The van der Waals surface area contributed by atoms with E-state index < -0.39 is 0 Å². The molecule has 1 amide bonds. The molecule has 3 aromatic rings. The molecule has 0 saturated heterocycles. The number of carbonyl (C=O) groups excluding carboxylic acids is 1. The molecule has 0 aliphatic rings. The number of aromatic nitrogens is 2. The molecule has 0 bridgehead atoms. The van der Waals surface area contributed by atoms with Crippen LogP contribution in [0.15, 0.2) is 47.6 Å². The Bertz CT molecular complexity index is 891. The average Bonchev–Trinajstić information content (AvgIpc) is 2.93. The smallest absolute Gasteiger partial charge is 0.234 e. The van der Waals surface area contributed by atoms with Crippen molar-refractivity contribution in [3.8, 4) is 0 Å². The van der Waals surface area contributed by atoms with E-state index in [1.165, 1.54) is 11.8 Å². The second-order valence-corrected chi connectivity index (χ2v) is 6.80. The predicted octanol–water partition coefficient (Wildman–Crippen LogP) is 4.75. The van der Waals surface area contributed by atoms with Crippen molar-refractivity contribution in [2.24, 2.45) is 0 Å². The summed E-state index contributed by atoms with van der Waals surface area (Å²) in [6, 6.07) is 13.6. The molecule has 1 heterocycles. The molecular weight excluding hydrogens is 342 g/mol. The van der Waals surface area contributed by atoms with Crippen LogP contribution in [0.3, 0.4) is 0 Å². The number of anilines is 1. The number of aryl methyl sites for hydroxylation is 2. The van der Waals surface area contributed by atoms with Crippen LogP contribution < -0.4 is 5.32 Å². The summed E-state index contributed by atoms with van der Waals surface area (Å²) in [5.74, 6) is 0.188. The lowest BCUT2D eigenvalue weighted by Crippen LogP contribution is -2.15. The van der Waals surface area contributed by atoms with Crippen molar-refractivity contribution in [2.75, 3.05) is 11.1 Å². The van der Waals surface area contributed by atoms with Gasteiger partial charge in [-0.3, -0.25) is 4.79 Å². The molecule has 0 unspecified atom stereocenters. The molecule has 24 heavy (non-hydrogen) atoms. The average molecular weight is 360 g/mol. The minimum Gasteiger partial charge on any atom is -0.324 e. The lowest BCUT2D eigenvalue weighted by molar-refractivity contribution is -0.113. The number of para-hydroxylation sites is 2. The number of amides is 1. The van der Waals surface area contributed by atoms with Crippen LogP contribution in [-0.4, -0.2) is 21.2 Å². The number of halogens is 1. The maximum absolute atomic E-state index is 12.2. The van der Waals surface area contributed by atoms with Gasteiger partial charge in [-0.05, 0) is 43.7 Å². The Kier molecular flexibility index (Phi) is 5.11. The van der Waals surface area contributed by atoms with Gasteiger partial charge in [0.2, 0.25) is 5.91 Å². The number of nitrogens with one attached hydrogen (secondary N) is 1. The number of carbonyl (C=O) groups is 1. The first-order valence-corrected chi connectivity index (χ1v) is 9.09. The van der Waals surface area contributed by atoms with E-state index in [1.54, 1.807) is 0 Å². The van der Waals surface area contributed by atoms with E-state index in [-0.39, 0.29) is 11.7 Å². The van der Waals surface area contributed by atoms with Gasteiger partial charge in [-0.2, -0.15) is 0 Å². The van der Waals surface area contributed by atoms with Gasteiger partial charge < -0.3 is 9.88 Å². The lowest BCUT2D eigenvalue weighted by atomic mass is 10.2. The van der Waals surface area contributed by atoms with Crippen LogP contribution in [0, 0.1) is 6.92 Å². The van der Waals surface area contributed by atoms with Crippen LogP contribution in [0.2, 0.25) is 5.02 Å². The topological polar surface area (TPSA) is 46.9 Å². The molecule has 1 aromatic heterocycles. The zero-order valence-electron chi connectivity index (χ0n) is 13.5. The number of imidazole rings is 1. The highest BCUT2D eigenvalue weighted by atomic mass is 35.5. The summed E-state index contributed by atoms with van der Waals surface area (Å²) in [6.07, 6.45) is 0. The van der Waals surface area contributed by atoms with E-state index >= 15 is 0 Å². The molecule has 0 saturated carbocycles. The summed E-state index contributed by atoms with van der Waals surface area (Å²) in [5, 5.41) is 4.25. The first-order valence-electron chi connectivity index (χ1n) is 7.72. The Morgan fingerprint density at radius 2 is 2.08 bits per heavy atom. The van der Waals surface area contributed by atoms with Crippen LogP contribution in [0.1, 0.15) is 12.5 Å². The molecule has 3 rings (SSSR count). The molecule has 124 valence electrons. The maximum Gasteiger partial charge on any atom is 0.234 e. The van der Waals surface area contributed by atoms with Crippen molar-refractivity contribution in [2.45, 2.75) is 25.5 Å². The van der Waals surface area contributed by atoms with Crippen LogP contribution in [0.5, 0.6) is 0 Å². The highest BCUT2D eigenvalue weighted by molar-refractivity contribution is 7.99. The largest absolute Gasteiger partial charge is 0.324 e. The second kappa shape index (κ2) is 7.28. The molecule has 6 heteroatoms. The van der Waals surface area contributed by atoms with Gasteiger partial charge in [0.15, 0.2) is 5.16 Å². The number of hydrogen-bond donors (Lipinski definition) is 1. The van der Waals surface area contributed by atoms with Gasteiger partial charge >= 0.3 is 0 Å². The molecule has 0 fully saturated rings. The van der Waals surface area contributed by atoms with Gasteiger partial charge in [-0.1, -0.05) is 41.6 Å². The summed E-state index contributed by atoms with van der Waals surface area (Å²) in [4.78, 5) is 16.8. The summed E-state index contributed by atoms with van der Waals surface area (Å²) in [7, 11) is 0. The Labute approximate surface area is 150 Å². The fraction of sp³-hybridized carbons (Fsp3) is 0.222. The second-order valence-electron chi connectivity index (χ2n) is 5.45. The van der Waals surface area contributed by atoms with Crippen molar-refractivity contribution >= 4 is 46.0 Å². The van der Waals surface area contributed by atoms with Crippen LogP contribution in [0.4, 0.5) is 5.69 Å². The van der Waals surface area contributed by atoms with Gasteiger partial charge in [-0.15, -0.1) is 0 Å². The van der Waals surface area contributed by atoms with E-state index in [1.807, 2.05) is 49.4 Å². The van der Waals surface area contributed by atoms with Crippen LogP contribution in [0.25, 0.3) is 11.0 Å². The van der Waals surface area contributed by atoms with E-state index in [0.717, 1.165) is 28.3 Å². The van der Waals surface area contributed by atoms with Crippen molar-refractivity contribution in [1.82, 2.24) is 9.55 Å². The van der Waals surface area contributed by atoms with E-state index in [2.05, 4.69) is 21.8 Å². The number of benzene rings is 2. The number of fused-ring (bicyclic) bond motifs is 1. The number of nitrogens with zero attached hydrogens (tertiary/aromatic N) is 2. The lowest BCUT2D eigenvalue weighted by Gasteiger charge is -2.08. The zero-order valence-corrected chi connectivity index (χ0v) is 15.1. The molecule has 0 aliphatic carbocycles. The molecule has 1 N–H and O–H groups in total. The van der Waals surface area contributed by atoms with Crippen molar-refractivity contribution in [1.29, 1.82) is 0 Å². The summed E-state index contributed by atoms with van der Waals surface area (Å²) < 4.78 is 2.12. The van der Waals surface area contributed by atoms with Gasteiger partial charge in [0.1, 0.15) is 0 Å². The van der Waals surface area contributed by atoms with Crippen LogP contribution >= 0.6 is 23.4 Å². The normalized spacial score (nSPS) is 11.0. The van der Waals surface area contributed by atoms with Crippen molar-refractivity contribution in [3.63, 3.8) is 0 Å². The molecule has 4 nitrogen and oxygen atoms in total. The van der Waals surface area contributed by atoms with Gasteiger partial charge in [0, 0.05) is 6.54 Å². The van der Waals surface area contributed by atoms with Gasteiger partial charge in [0.05, 0.1) is 27.5 Å². The Balaban J connectivity index is 1.70. The molecule has 0 radical (unpaired) electrons. The third-order valence-corrected chi connectivity index (χ3v) is 4.96. The van der Waals surface area contributed by atoms with E-state index in [9.17, 15) is 4.79 Å². The summed E-state index contributed by atoms with van der Waals surface area (Å²) >= 11 is 7.58. The highest BCUT2D eigenvalue weighted by Crippen LogP contribution is 2.25. The highest BCUT2D eigenvalue weighted by Gasteiger charge is 2.12. The monoisotopic (exact) mass is 359 g/mol. The van der Waals surface area contributed by atoms with Crippen molar-refractivity contribution in [3.05, 3.63) is 53.1 Å². The number of hydrogen-bond acceptors (Lipinski definition) is 3. The summed E-state index contributed by atoms with van der Waals surface area (Å²) in [6.45, 7) is 4.85. The van der Waals surface area contributed by atoms with E-state index in [0.29, 0.717) is 10.7 Å². The first-order chi connectivity index (χ1) is 11.6. The van der Waals surface area contributed by atoms with Crippen molar-refractivity contribution < 1.29 is 4.79 Å². The Morgan fingerprint density at radius 1 is 1.29 bits per heavy atom. The van der Waals surface area contributed by atoms with E-state index in [4.69, 9.17) is 11.6 Å². The molecular formula is C18H18ClN3OS. The maximum atomic E-state index is 12.2. The zero-order chi connectivity index (χ0) is 17.1. The van der Waals surface area contributed by atoms with Gasteiger partial charge in [-0.25, -0.2) is 4.98 Å².